The molecule has 0 saturated carbocycles. The summed E-state index contributed by atoms with van der Waals surface area (Å²) in [5.74, 6) is 0. The molecule has 1 N–H and O–H groups in total. The van der Waals surface area contributed by atoms with Crippen LogP contribution in [-0.2, 0) is 12.7 Å². The van der Waals surface area contributed by atoms with Crippen LogP contribution in [0.4, 0.5) is 13.2 Å². The lowest BCUT2D eigenvalue weighted by molar-refractivity contribution is -0.141. The Morgan fingerprint density at radius 3 is 2.71 bits per heavy atom. The molecule has 114 valence electrons. The van der Waals surface area contributed by atoms with Gasteiger partial charge in [-0.25, -0.2) is 4.98 Å². The maximum absolute atomic E-state index is 13.1. The van der Waals surface area contributed by atoms with Gasteiger partial charge in [-0.1, -0.05) is 13.0 Å². The van der Waals surface area contributed by atoms with Gasteiger partial charge in [0.05, 0.1) is 4.88 Å². The highest BCUT2D eigenvalue weighted by atomic mass is 32.1. The Morgan fingerprint density at radius 2 is 2.10 bits per heavy atom. The standard InChI is InChI=1S/C14H16F3N3S/c1-3-6-18-8-10-12(14(15,16)17)20-13(21-10)11-9(2)5-4-7-19-11/h4-5,7,18H,3,6,8H2,1-2H3. The zero-order valence-corrected chi connectivity index (χ0v) is 12.6. The van der Waals surface area contributed by atoms with Crippen molar-refractivity contribution in [2.24, 2.45) is 0 Å². The molecular formula is C14H16F3N3S. The van der Waals surface area contributed by atoms with Crippen molar-refractivity contribution in [3.63, 3.8) is 0 Å². The molecular weight excluding hydrogens is 299 g/mol. The van der Waals surface area contributed by atoms with Gasteiger partial charge < -0.3 is 5.32 Å². The number of thiazole rings is 1. The van der Waals surface area contributed by atoms with E-state index in [1.807, 2.05) is 19.9 Å². The summed E-state index contributed by atoms with van der Waals surface area (Å²) in [5.41, 5.74) is 0.513. The normalized spacial score (nSPS) is 11.9. The van der Waals surface area contributed by atoms with Crippen molar-refractivity contribution in [3.8, 4) is 10.7 Å². The Hall–Kier alpha value is -1.47. The van der Waals surface area contributed by atoms with Gasteiger partial charge in [-0.15, -0.1) is 11.3 Å². The van der Waals surface area contributed by atoms with Crippen LogP contribution in [0, 0.1) is 6.92 Å². The number of nitrogens with zero attached hydrogens (tertiary/aromatic N) is 2. The SMILES string of the molecule is CCCNCc1sc(-c2ncccc2C)nc1C(F)(F)F. The van der Waals surface area contributed by atoms with E-state index >= 15 is 0 Å². The minimum Gasteiger partial charge on any atom is -0.312 e. The third-order valence-electron chi connectivity index (χ3n) is 2.89. The molecule has 7 heteroatoms. The predicted octanol–water partition coefficient (Wildman–Crippen LogP) is 4.03. The van der Waals surface area contributed by atoms with Crippen molar-refractivity contribution in [3.05, 3.63) is 34.5 Å². The highest BCUT2D eigenvalue weighted by Crippen LogP contribution is 2.37. The van der Waals surface area contributed by atoms with Crippen LogP contribution < -0.4 is 5.32 Å². The minimum atomic E-state index is -4.44. The fourth-order valence-corrected chi connectivity index (χ4v) is 3.00. The quantitative estimate of drug-likeness (QED) is 0.847. The molecule has 2 rings (SSSR count). The van der Waals surface area contributed by atoms with Gasteiger partial charge in [0.15, 0.2) is 5.69 Å². The molecule has 0 unspecified atom stereocenters. The van der Waals surface area contributed by atoms with Crippen molar-refractivity contribution in [2.75, 3.05) is 6.54 Å². The van der Waals surface area contributed by atoms with Gasteiger partial charge in [0.1, 0.15) is 10.7 Å². The van der Waals surface area contributed by atoms with E-state index in [1.54, 1.807) is 12.3 Å². The van der Waals surface area contributed by atoms with Gasteiger partial charge in [0, 0.05) is 12.7 Å². The summed E-state index contributed by atoms with van der Waals surface area (Å²) in [7, 11) is 0. The first kappa shape index (κ1) is 15.9. The van der Waals surface area contributed by atoms with E-state index in [2.05, 4.69) is 15.3 Å². The molecule has 0 spiro atoms. The third kappa shape index (κ3) is 3.79. The van der Waals surface area contributed by atoms with E-state index in [0.29, 0.717) is 17.2 Å². The molecule has 3 nitrogen and oxygen atoms in total. The number of aryl methyl sites for hydroxylation is 1. The van der Waals surface area contributed by atoms with E-state index in [4.69, 9.17) is 0 Å². The first-order chi connectivity index (χ1) is 9.93. The first-order valence-corrected chi connectivity index (χ1v) is 7.44. The Labute approximate surface area is 125 Å². The largest absolute Gasteiger partial charge is 0.434 e. The Balaban J connectivity index is 2.38. The molecule has 0 aromatic carbocycles. The summed E-state index contributed by atoms with van der Waals surface area (Å²) < 4.78 is 39.2. The molecule has 0 fully saturated rings. The van der Waals surface area contributed by atoms with Crippen LogP contribution in [0.3, 0.4) is 0 Å². The fourth-order valence-electron chi connectivity index (χ4n) is 1.88. The summed E-state index contributed by atoms with van der Waals surface area (Å²) in [6.45, 7) is 4.62. The number of hydrogen-bond acceptors (Lipinski definition) is 4. The van der Waals surface area contributed by atoms with Gasteiger partial charge >= 0.3 is 6.18 Å². The maximum atomic E-state index is 13.1. The molecule has 0 amide bonds. The number of hydrogen-bond donors (Lipinski definition) is 1. The molecule has 0 bridgehead atoms. The lowest BCUT2D eigenvalue weighted by Gasteiger charge is -2.06. The Morgan fingerprint density at radius 1 is 1.33 bits per heavy atom. The molecule has 21 heavy (non-hydrogen) atoms. The lowest BCUT2D eigenvalue weighted by Crippen LogP contribution is -2.17. The summed E-state index contributed by atoms with van der Waals surface area (Å²) in [6.07, 6.45) is -2.01. The monoisotopic (exact) mass is 315 g/mol. The van der Waals surface area contributed by atoms with Crippen LogP contribution in [0.25, 0.3) is 10.7 Å². The average Bonchev–Trinajstić information content (AvgIpc) is 2.83. The second-order valence-electron chi connectivity index (χ2n) is 4.63. The zero-order chi connectivity index (χ0) is 15.5. The smallest absolute Gasteiger partial charge is 0.312 e. The molecule has 0 radical (unpaired) electrons. The summed E-state index contributed by atoms with van der Waals surface area (Å²) >= 11 is 1.05. The fraction of sp³-hybridized carbons (Fsp3) is 0.429. The van der Waals surface area contributed by atoms with E-state index in [0.717, 1.165) is 23.3 Å². The van der Waals surface area contributed by atoms with Crippen LogP contribution in [0.15, 0.2) is 18.3 Å². The number of aromatic nitrogens is 2. The molecule has 2 aromatic heterocycles. The van der Waals surface area contributed by atoms with Crippen molar-refractivity contribution in [1.29, 1.82) is 0 Å². The summed E-state index contributed by atoms with van der Waals surface area (Å²) in [4.78, 5) is 8.13. The molecule has 0 aliphatic carbocycles. The van der Waals surface area contributed by atoms with Crippen molar-refractivity contribution in [2.45, 2.75) is 33.0 Å². The molecule has 2 aromatic rings. The van der Waals surface area contributed by atoms with E-state index < -0.39 is 11.9 Å². The average molecular weight is 315 g/mol. The van der Waals surface area contributed by atoms with Crippen LogP contribution in [0.5, 0.6) is 0 Å². The van der Waals surface area contributed by atoms with Gasteiger partial charge in [0.2, 0.25) is 0 Å². The van der Waals surface area contributed by atoms with Crippen LogP contribution >= 0.6 is 11.3 Å². The second kappa shape index (κ2) is 6.53. The van der Waals surface area contributed by atoms with Crippen molar-refractivity contribution < 1.29 is 13.2 Å². The maximum Gasteiger partial charge on any atom is 0.434 e. The van der Waals surface area contributed by atoms with Gasteiger partial charge in [-0.3, -0.25) is 4.98 Å². The number of halogens is 3. The minimum absolute atomic E-state index is 0.173. The zero-order valence-electron chi connectivity index (χ0n) is 11.8. The molecule has 0 saturated heterocycles. The Bertz CT molecular complexity index is 608. The van der Waals surface area contributed by atoms with Crippen LogP contribution in [0.2, 0.25) is 0 Å². The topological polar surface area (TPSA) is 37.8 Å². The number of nitrogens with one attached hydrogen (secondary N) is 1. The number of pyridine rings is 1. The molecule has 0 aliphatic rings. The lowest BCUT2D eigenvalue weighted by atomic mass is 10.2. The third-order valence-corrected chi connectivity index (χ3v) is 3.95. The highest BCUT2D eigenvalue weighted by Gasteiger charge is 2.37. The van der Waals surface area contributed by atoms with Crippen LogP contribution in [-0.4, -0.2) is 16.5 Å². The van der Waals surface area contributed by atoms with Crippen molar-refractivity contribution >= 4 is 11.3 Å². The van der Waals surface area contributed by atoms with E-state index in [1.165, 1.54) is 0 Å². The van der Waals surface area contributed by atoms with Gasteiger partial charge in [-0.05, 0) is 31.5 Å². The second-order valence-corrected chi connectivity index (χ2v) is 5.72. The predicted molar refractivity (Wildman–Crippen MR) is 77.1 cm³/mol. The molecule has 0 atom stereocenters. The summed E-state index contributed by atoms with van der Waals surface area (Å²) in [6, 6.07) is 3.56. The Kier molecular flexibility index (Phi) is 4.95. The van der Waals surface area contributed by atoms with Crippen LogP contribution in [0.1, 0.15) is 29.5 Å². The van der Waals surface area contributed by atoms with Gasteiger partial charge in [0.25, 0.3) is 0 Å². The number of rotatable bonds is 5. The van der Waals surface area contributed by atoms with E-state index in [-0.39, 0.29) is 11.4 Å². The van der Waals surface area contributed by atoms with Crippen molar-refractivity contribution in [1.82, 2.24) is 15.3 Å². The molecule has 2 heterocycles. The van der Waals surface area contributed by atoms with Gasteiger partial charge in [-0.2, -0.15) is 13.2 Å². The first-order valence-electron chi connectivity index (χ1n) is 6.63. The highest BCUT2D eigenvalue weighted by molar-refractivity contribution is 7.15. The summed E-state index contributed by atoms with van der Waals surface area (Å²) in [5, 5.41) is 3.31. The molecule has 0 aliphatic heterocycles. The number of alkyl halides is 3. The van der Waals surface area contributed by atoms with E-state index in [9.17, 15) is 13.2 Å².